The lowest BCUT2D eigenvalue weighted by atomic mass is 9.88. The molecule has 3 aromatic rings. The van der Waals surface area contributed by atoms with Gasteiger partial charge < -0.3 is 33.8 Å². The van der Waals surface area contributed by atoms with Crippen LogP contribution >= 0.6 is 0 Å². The molecule has 0 aliphatic carbocycles. The van der Waals surface area contributed by atoms with Gasteiger partial charge in [-0.3, -0.25) is 4.79 Å². The number of aryl methyl sites for hydroxylation is 1. The number of carbonyl (C=O) groups excluding carboxylic acids is 1. The number of hydrogen-bond acceptors (Lipinski definition) is 8. The van der Waals surface area contributed by atoms with Crippen molar-refractivity contribution in [1.82, 2.24) is 0 Å². The van der Waals surface area contributed by atoms with E-state index in [9.17, 15) is 14.7 Å². The van der Waals surface area contributed by atoms with Crippen LogP contribution in [0.1, 0.15) is 29.2 Å². The zero-order valence-electron chi connectivity index (χ0n) is 18.3. The van der Waals surface area contributed by atoms with Crippen LogP contribution in [0, 0.1) is 6.92 Å². The van der Waals surface area contributed by atoms with Crippen molar-refractivity contribution in [2.24, 2.45) is 0 Å². The zero-order valence-corrected chi connectivity index (χ0v) is 18.3. The van der Waals surface area contributed by atoms with Crippen LogP contribution in [-0.2, 0) is 4.79 Å². The van der Waals surface area contributed by atoms with E-state index in [1.165, 1.54) is 13.2 Å². The van der Waals surface area contributed by atoms with Crippen molar-refractivity contribution in [3.63, 3.8) is 0 Å². The molecule has 2 heterocycles. The van der Waals surface area contributed by atoms with Gasteiger partial charge in [0.2, 0.25) is 18.4 Å². The topological polar surface area (TPSA) is 116 Å². The molecule has 172 valence electrons. The van der Waals surface area contributed by atoms with E-state index in [-0.39, 0.29) is 36.2 Å². The minimum atomic E-state index is -0.844. The van der Waals surface area contributed by atoms with Gasteiger partial charge in [-0.1, -0.05) is 0 Å². The monoisotopic (exact) mass is 453 g/mol. The van der Waals surface area contributed by atoms with Crippen LogP contribution in [0.25, 0.3) is 0 Å². The molecule has 0 radical (unpaired) electrons. The van der Waals surface area contributed by atoms with E-state index in [4.69, 9.17) is 23.4 Å². The molecule has 0 bridgehead atoms. The minimum Gasteiger partial charge on any atom is -0.507 e. The second kappa shape index (κ2) is 9.15. The summed E-state index contributed by atoms with van der Waals surface area (Å²) in [6, 6.07) is 11.5. The number of carbonyl (C=O) groups is 1. The molecule has 0 unspecified atom stereocenters. The van der Waals surface area contributed by atoms with Gasteiger partial charge in [-0.05, 0) is 48.9 Å². The Bertz CT molecular complexity index is 1230. The molecule has 9 heteroatoms. The summed E-state index contributed by atoms with van der Waals surface area (Å²) in [6.45, 7) is 1.58. The van der Waals surface area contributed by atoms with Gasteiger partial charge in [-0.25, -0.2) is 4.79 Å². The molecule has 0 spiro atoms. The second-order valence-corrected chi connectivity index (χ2v) is 7.43. The lowest BCUT2D eigenvalue weighted by Gasteiger charge is -2.19. The second-order valence-electron chi connectivity index (χ2n) is 7.43. The highest BCUT2D eigenvalue weighted by Gasteiger charge is 2.29. The normalized spacial score (nSPS) is 12.8. The van der Waals surface area contributed by atoms with Gasteiger partial charge >= 0.3 is 5.63 Å². The highest BCUT2D eigenvalue weighted by Crippen LogP contribution is 2.45. The van der Waals surface area contributed by atoms with Crippen LogP contribution in [0.2, 0.25) is 0 Å². The third-order valence-electron chi connectivity index (χ3n) is 5.28. The third kappa shape index (κ3) is 4.57. The fourth-order valence-electron chi connectivity index (χ4n) is 3.74. The van der Waals surface area contributed by atoms with E-state index < -0.39 is 11.5 Å². The molecule has 4 rings (SSSR count). The number of rotatable bonds is 7. The van der Waals surface area contributed by atoms with E-state index in [0.29, 0.717) is 34.2 Å². The first kappa shape index (κ1) is 22.1. The number of ether oxygens (including phenoxy) is 4. The predicted molar refractivity (Wildman–Crippen MR) is 119 cm³/mol. The molecule has 1 aliphatic heterocycles. The fraction of sp³-hybridized carbons (Fsp3) is 0.250. The Labute approximate surface area is 189 Å². The summed E-state index contributed by atoms with van der Waals surface area (Å²) in [5.41, 5.74) is 0.313. The van der Waals surface area contributed by atoms with Crippen LogP contribution in [0.4, 0.5) is 5.69 Å². The molecule has 33 heavy (non-hydrogen) atoms. The first-order valence-corrected chi connectivity index (χ1v) is 10.1. The fourth-order valence-corrected chi connectivity index (χ4v) is 3.74. The van der Waals surface area contributed by atoms with Crippen molar-refractivity contribution in [2.75, 3.05) is 26.3 Å². The van der Waals surface area contributed by atoms with Gasteiger partial charge in [0.15, 0.2) is 11.5 Å². The summed E-state index contributed by atoms with van der Waals surface area (Å²) in [5, 5.41) is 13.4. The number of methoxy groups -OCH3 is 2. The Balaban J connectivity index is 1.72. The number of aromatic hydroxyl groups is 1. The summed E-state index contributed by atoms with van der Waals surface area (Å²) in [7, 11) is 3.03. The molecule has 1 amide bonds. The standard InChI is InChI=1S/C24H23NO8/c1-13-8-18(26)22(24(28)33-13)17(11-21(27)25-15-4-6-16(29-2)7-5-15)14-9-19(30-3)23-20(10-14)31-12-32-23/h4-10,17,26H,11-12H2,1-3H3,(H,25,27)/t17-/m1/s1. The van der Waals surface area contributed by atoms with Crippen molar-refractivity contribution in [2.45, 2.75) is 19.3 Å². The van der Waals surface area contributed by atoms with Gasteiger partial charge in [-0.2, -0.15) is 0 Å². The largest absolute Gasteiger partial charge is 0.507 e. The van der Waals surface area contributed by atoms with Crippen LogP contribution in [-0.4, -0.2) is 32.0 Å². The summed E-state index contributed by atoms with van der Waals surface area (Å²) in [4.78, 5) is 25.7. The highest BCUT2D eigenvalue weighted by atomic mass is 16.7. The maximum Gasteiger partial charge on any atom is 0.343 e. The van der Waals surface area contributed by atoms with Crippen molar-refractivity contribution >= 4 is 11.6 Å². The number of amides is 1. The maximum absolute atomic E-state index is 13.0. The van der Waals surface area contributed by atoms with E-state index in [2.05, 4.69) is 5.32 Å². The molecule has 0 saturated carbocycles. The lowest BCUT2D eigenvalue weighted by molar-refractivity contribution is -0.116. The molecule has 2 N–H and O–H groups in total. The third-order valence-corrected chi connectivity index (χ3v) is 5.28. The number of benzene rings is 2. The van der Waals surface area contributed by atoms with Gasteiger partial charge in [0.1, 0.15) is 17.3 Å². The molecular formula is C24H23NO8. The smallest absolute Gasteiger partial charge is 0.343 e. The number of anilines is 1. The highest BCUT2D eigenvalue weighted by molar-refractivity contribution is 5.91. The van der Waals surface area contributed by atoms with Crippen LogP contribution in [0.3, 0.4) is 0 Å². The van der Waals surface area contributed by atoms with Gasteiger partial charge in [-0.15, -0.1) is 0 Å². The van der Waals surface area contributed by atoms with E-state index >= 15 is 0 Å². The number of hydrogen-bond donors (Lipinski definition) is 2. The van der Waals surface area contributed by atoms with Gasteiger partial charge in [0.05, 0.1) is 19.8 Å². The van der Waals surface area contributed by atoms with Crippen molar-refractivity contribution in [3.8, 4) is 28.7 Å². The molecule has 9 nitrogen and oxygen atoms in total. The molecular weight excluding hydrogens is 430 g/mol. The van der Waals surface area contributed by atoms with Crippen LogP contribution in [0.5, 0.6) is 28.7 Å². The quantitative estimate of drug-likeness (QED) is 0.558. The van der Waals surface area contributed by atoms with Gasteiger partial charge in [0.25, 0.3) is 0 Å². The van der Waals surface area contributed by atoms with Crippen LogP contribution in [0.15, 0.2) is 51.7 Å². The van der Waals surface area contributed by atoms with E-state index in [1.807, 2.05) is 0 Å². The first-order valence-electron chi connectivity index (χ1n) is 10.1. The summed E-state index contributed by atoms with van der Waals surface area (Å²) >= 11 is 0. The molecule has 0 fully saturated rings. The van der Waals surface area contributed by atoms with Gasteiger partial charge in [0, 0.05) is 24.1 Å². The molecule has 1 aromatic heterocycles. The number of nitrogens with one attached hydrogen (secondary N) is 1. The average molecular weight is 453 g/mol. The average Bonchev–Trinajstić information content (AvgIpc) is 3.26. The summed E-state index contributed by atoms with van der Waals surface area (Å²) < 4.78 is 26.7. The van der Waals surface area contributed by atoms with Crippen LogP contribution < -0.4 is 29.9 Å². The van der Waals surface area contributed by atoms with E-state index in [1.54, 1.807) is 50.4 Å². The zero-order chi connectivity index (χ0) is 23.5. The molecule has 2 aromatic carbocycles. The Morgan fingerprint density at radius 1 is 1.12 bits per heavy atom. The Hall–Kier alpha value is -4.14. The van der Waals surface area contributed by atoms with E-state index in [0.717, 1.165) is 0 Å². The van der Waals surface area contributed by atoms with Crippen molar-refractivity contribution < 1.29 is 33.3 Å². The SMILES string of the molecule is COc1ccc(NC(=O)C[C@H](c2cc(OC)c3c(c2)OCO3)c2c(O)cc(C)oc2=O)cc1. The van der Waals surface area contributed by atoms with Crippen molar-refractivity contribution in [3.05, 3.63) is 69.8 Å². The molecule has 1 aliphatic rings. The Morgan fingerprint density at radius 2 is 1.88 bits per heavy atom. The Kier molecular flexibility index (Phi) is 6.12. The minimum absolute atomic E-state index is 0.0235. The first-order chi connectivity index (χ1) is 15.9. The molecule has 1 atom stereocenters. The maximum atomic E-state index is 13.0. The Morgan fingerprint density at radius 3 is 2.55 bits per heavy atom. The summed E-state index contributed by atoms with van der Waals surface area (Å²) in [5.74, 6) is 0.666. The predicted octanol–water partition coefficient (Wildman–Crippen LogP) is 3.56. The lowest BCUT2D eigenvalue weighted by Crippen LogP contribution is -2.21. The van der Waals surface area contributed by atoms with Crippen molar-refractivity contribution in [1.29, 1.82) is 0 Å². The number of fused-ring (bicyclic) bond motifs is 1. The summed E-state index contributed by atoms with van der Waals surface area (Å²) in [6.07, 6.45) is -0.157. The molecule has 0 saturated heterocycles.